The number of aryl methyl sites for hydroxylation is 1. The average Bonchev–Trinajstić information content (AvgIpc) is 3.66. The lowest BCUT2D eigenvalue weighted by molar-refractivity contribution is -0.295. The van der Waals surface area contributed by atoms with Gasteiger partial charge in [0.1, 0.15) is 0 Å². The normalized spacial score (nSPS) is 32.1. The second-order valence-electron chi connectivity index (χ2n) is 13.0. The summed E-state index contributed by atoms with van der Waals surface area (Å²) in [7, 11) is -1.54. The Bertz CT molecular complexity index is 1420. The molecule has 5 fully saturated rings. The molecule has 0 saturated heterocycles. The first-order valence-electron chi connectivity index (χ1n) is 14.1. The molecule has 40 heavy (non-hydrogen) atoms. The van der Waals surface area contributed by atoms with Crippen LogP contribution in [0.3, 0.4) is 0 Å². The molecule has 1 aromatic heterocycles. The van der Waals surface area contributed by atoms with E-state index >= 15 is 0 Å². The fraction of sp³-hybridized carbons (Fsp3) is 0.655. The first kappa shape index (κ1) is 27.8. The Hall–Kier alpha value is -2.40. The van der Waals surface area contributed by atoms with Gasteiger partial charge in [-0.05, 0) is 93.9 Å². The second kappa shape index (κ2) is 9.05. The van der Waals surface area contributed by atoms with Crippen LogP contribution in [0.2, 0.25) is 0 Å². The van der Waals surface area contributed by atoms with Crippen molar-refractivity contribution in [3.05, 3.63) is 41.7 Å². The number of benzene rings is 1. The van der Waals surface area contributed by atoms with Gasteiger partial charge >= 0.3 is 6.18 Å². The van der Waals surface area contributed by atoms with Crippen LogP contribution in [-0.2, 0) is 27.1 Å². The first-order valence-corrected chi connectivity index (χ1v) is 16.0. The van der Waals surface area contributed by atoms with E-state index in [1.165, 1.54) is 41.3 Å². The van der Waals surface area contributed by atoms with Crippen LogP contribution < -0.4 is 4.90 Å². The van der Waals surface area contributed by atoms with Gasteiger partial charge in [0.15, 0.2) is 15.4 Å². The Morgan fingerprint density at radius 2 is 1.73 bits per heavy atom. The SMILES string of the molecule is Cn1nc(C2CC2)cc1C12CCC(CN(C(=O)C3CC(O)(C(F)(F)F)C3)c3cccc(S(C)(=O)=O)c3)(CC1)CC2. The molecule has 1 amide bonds. The first-order chi connectivity index (χ1) is 18.6. The molecule has 7 rings (SSSR count). The predicted molar refractivity (Wildman–Crippen MR) is 143 cm³/mol. The summed E-state index contributed by atoms with van der Waals surface area (Å²) >= 11 is 0. The highest BCUT2D eigenvalue weighted by Gasteiger charge is 2.63. The number of hydrogen-bond donors (Lipinski definition) is 1. The van der Waals surface area contributed by atoms with E-state index in [0.29, 0.717) is 18.2 Å². The highest BCUT2D eigenvalue weighted by molar-refractivity contribution is 7.90. The monoisotopic (exact) mass is 579 g/mol. The summed E-state index contributed by atoms with van der Waals surface area (Å²) in [4.78, 5) is 15.3. The molecule has 0 aliphatic heterocycles. The number of sulfone groups is 1. The number of nitrogens with zero attached hydrogens (tertiary/aromatic N) is 3. The molecule has 1 aromatic carbocycles. The van der Waals surface area contributed by atoms with E-state index in [0.717, 1.165) is 44.8 Å². The molecule has 11 heteroatoms. The second-order valence-corrected chi connectivity index (χ2v) is 15.0. The number of carbonyl (C=O) groups excluding carboxylic acids is 1. The van der Waals surface area contributed by atoms with Crippen LogP contribution in [0.5, 0.6) is 0 Å². The summed E-state index contributed by atoms with van der Waals surface area (Å²) in [5, 5.41) is 14.8. The number of aromatic nitrogens is 2. The van der Waals surface area contributed by atoms with Crippen molar-refractivity contribution >= 4 is 21.4 Å². The highest BCUT2D eigenvalue weighted by Crippen LogP contribution is 2.59. The van der Waals surface area contributed by atoms with Gasteiger partial charge < -0.3 is 10.0 Å². The fourth-order valence-corrected chi connectivity index (χ4v) is 8.01. The summed E-state index contributed by atoms with van der Waals surface area (Å²) in [6.07, 6.45) is 2.73. The molecule has 2 bridgehead atoms. The minimum Gasteiger partial charge on any atom is -0.380 e. The van der Waals surface area contributed by atoms with Crippen LogP contribution in [0.25, 0.3) is 0 Å². The molecule has 5 aliphatic rings. The summed E-state index contributed by atoms with van der Waals surface area (Å²) in [5.74, 6) is -0.894. The van der Waals surface area contributed by atoms with E-state index in [-0.39, 0.29) is 15.7 Å². The minimum atomic E-state index is -4.80. The van der Waals surface area contributed by atoms with E-state index in [1.54, 1.807) is 12.1 Å². The van der Waals surface area contributed by atoms with E-state index in [9.17, 15) is 31.5 Å². The Kier molecular flexibility index (Phi) is 6.28. The quantitative estimate of drug-likeness (QED) is 0.497. The van der Waals surface area contributed by atoms with Crippen molar-refractivity contribution in [3.63, 3.8) is 0 Å². The van der Waals surface area contributed by atoms with Gasteiger partial charge in [0.2, 0.25) is 5.91 Å². The molecule has 5 aliphatic carbocycles. The van der Waals surface area contributed by atoms with Crippen molar-refractivity contribution < 1.29 is 31.5 Å². The van der Waals surface area contributed by atoms with Crippen LogP contribution in [0.4, 0.5) is 18.9 Å². The number of alkyl halides is 3. The van der Waals surface area contributed by atoms with Gasteiger partial charge in [-0.1, -0.05) is 6.07 Å². The molecular formula is C29H36F3N3O4S. The number of fused-ring (bicyclic) bond motifs is 3. The summed E-state index contributed by atoms with van der Waals surface area (Å²) < 4.78 is 66.6. The van der Waals surface area contributed by atoms with Crippen molar-refractivity contribution in [2.45, 2.75) is 92.2 Å². The van der Waals surface area contributed by atoms with Crippen LogP contribution in [0, 0.1) is 11.3 Å². The molecule has 218 valence electrons. The lowest BCUT2D eigenvalue weighted by atomic mass is 9.52. The van der Waals surface area contributed by atoms with Gasteiger partial charge in [-0.2, -0.15) is 18.3 Å². The summed E-state index contributed by atoms with van der Waals surface area (Å²) in [6, 6.07) is 8.36. The molecule has 5 saturated carbocycles. The molecule has 0 unspecified atom stereocenters. The van der Waals surface area contributed by atoms with E-state index in [2.05, 4.69) is 6.07 Å². The zero-order chi connectivity index (χ0) is 28.7. The van der Waals surface area contributed by atoms with Gasteiger partial charge in [0.05, 0.1) is 10.6 Å². The number of carbonyl (C=O) groups is 1. The number of anilines is 1. The van der Waals surface area contributed by atoms with E-state index < -0.39 is 46.3 Å². The van der Waals surface area contributed by atoms with Crippen LogP contribution in [0.15, 0.2) is 35.2 Å². The van der Waals surface area contributed by atoms with Crippen molar-refractivity contribution in [2.24, 2.45) is 18.4 Å². The molecule has 2 aromatic rings. The van der Waals surface area contributed by atoms with Gasteiger partial charge in [-0.25, -0.2) is 8.42 Å². The third-order valence-electron chi connectivity index (χ3n) is 10.2. The van der Waals surface area contributed by atoms with Crippen molar-refractivity contribution in [1.29, 1.82) is 0 Å². The van der Waals surface area contributed by atoms with Crippen LogP contribution in [0.1, 0.15) is 81.5 Å². The standard InChI is InChI=1S/C29H36F3N3O4S/c1-34-24(15-23(33-34)19-6-7-19)27-11-8-26(9-12-27,10-13-27)18-35(21-4-3-5-22(14-21)40(2,38)39)25(36)20-16-28(37,17-20)29(30,31)32/h3-5,14-15,19-20,37H,6-13,16-18H2,1-2H3. The third kappa shape index (κ3) is 4.66. The zero-order valence-corrected chi connectivity index (χ0v) is 23.7. The number of aliphatic hydroxyl groups is 1. The third-order valence-corrected chi connectivity index (χ3v) is 11.3. The molecule has 0 spiro atoms. The lowest BCUT2D eigenvalue weighted by Crippen LogP contribution is -2.60. The Balaban J connectivity index is 1.25. The molecule has 1 N–H and O–H groups in total. The van der Waals surface area contributed by atoms with E-state index in [4.69, 9.17) is 5.10 Å². The number of hydrogen-bond acceptors (Lipinski definition) is 5. The summed E-state index contributed by atoms with van der Waals surface area (Å²) in [5.41, 5.74) is -0.204. The molecular weight excluding hydrogens is 543 g/mol. The Labute approximate surface area is 232 Å². The Morgan fingerprint density at radius 1 is 1.10 bits per heavy atom. The zero-order valence-electron chi connectivity index (χ0n) is 22.9. The van der Waals surface area contributed by atoms with Gasteiger partial charge in [0, 0.05) is 48.5 Å². The van der Waals surface area contributed by atoms with Gasteiger partial charge in [-0.15, -0.1) is 0 Å². The van der Waals surface area contributed by atoms with Gasteiger partial charge in [-0.3, -0.25) is 9.48 Å². The number of rotatable bonds is 7. The van der Waals surface area contributed by atoms with Crippen molar-refractivity contribution in [2.75, 3.05) is 17.7 Å². The summed E-state index contributed by atoms with van der Waals surface area (Å²) in [6.45, 7) is 0.314. The van der Waals surface area contributed by atoms with Crippen LogP contribution in [-0.4, -0.2) is 53.8 Å². The van der Waals surface area contributed by atoms with Crippen molar-refractivity contribution in [1.82, 2.24) is 9.78 Å². The predicted octanol–water partition coefficient (Wildman–Crippen LogP) is 5.03. The highest BCUT2D eigenvalue weighted by atomic mass is 32.2. The van der Waals surface area contributed by atoms with E-state index in [1.807, 2.05) is 11.7 Å². The lowest BCUT2D eigenvalue weighted by Gasteiger charge is -2.55. The molecule has 0 radical (unpaired) electrons. The number of halogens is 3. The molecule has 1 heterocycles. The van der Waals surface area contributed by atoms with Crippen molar-refractivity contribution in [3.8, 4) is 0 Å². The molecule has 0 atom stereocenters. The topological polar surface area (TPSA) is 92.5 Å². The molecule has 7 nitrogen and oxygen atoms in total. The minimum absolute atomic E-state index is 0.0405. The largest absolute Gasteiger partial charge is 0.417 e. The average molecular weight is 580 g/mol. The number of amides is 1. The maximum Gasteiger partial charge on any atom is 0.417 e. The van der Waals surface area contributed by atoms with Crippen LogP contribution >= 0.6 is 0 Å². The maximum absolute atomic E-state index is 13.7. The maximum atomic E-state index is 13.7. The smallest absolute Gasteiger partial charge is 0.380 e. The fourth-order valence-electron chi connectivity index (χ4n) is 7.34. The Morgan fingerprint density at radius 3 is 2.27 bits per heavy atom. The van der Waals surface area contributed by atoms with Gasteiger partial charge in [0.25, 0.3) is 0 Å².